The first-order chi connectivity index (χ1) is 13.0. The quantitative estimate of drug-likeness (QED) is 0.436. The van der Waals surface area contributed by atoms with Gasteiger partial charge in [0, 0.05) is 14.8 Å². The average molecular weight is 468 g/mol. The van der Waals surface area contributed by atoms with Crippen LogP contribution in [0.1, 0.15) is 21.5 Å². The lowest BCUT2D eigenvalue weighted by atomic mass is 10.1. The molecule has 1 heterocycles. The van der Waals surface area contributed by atoms with E-state index in [1.165, 1.54) is 11.1 Å². The number of nitrogens with zero attached hydrogens (tertiary/aromatic N) is 3. The van der Waals surface area contributed by atoms with Gasteiger partial charge in [-0.1, -0.05) is 6.07 Å². The molecule has 0 saturated heterocycles. The van der Waals surface area contributed by atoms with E-state index >= 15 is 0 Å². The molecule has 27 heavy (non-hydrogen) atoms. The van der Waals surface area contributed by atoms with E-state index in [1.807, 2.05) is 48.5 Å². The number of amides is 1. The van der Waals surface area contributed by atoms with E-state index in [0.29, 0.717) is 11.3 Å². The molecule has 0 fully saturated rings. The summed E-state index contributed by atoms with van der Waals surface area (Å²) in [6.07, 6.45) is 0. The van der Waals surface area contributed by atoms with Crippen molar-refractivity contribution in [3.05, 3.63) is 80.9 Å². The zero-order valence-corrected chi connectivity index (χ0v) is 17.1. The number of carbonyl (C=O) groups is 1. The summed E-state index contributed by atoms with van der Waals surface area (Å²) >= 11 is 2.21. The third-order valence-corrected chi connectivity index (χ3v) is 5.19. The monoisotopic (exact) mass is 468 g/mol. The summed E-state index contributed by atoms with van der Waals surface area (Å²) in [5.74, 6) is -0.146. The topological polar surface area (TPSA) is 59.8 Å². The van der Waals surface area contributed by atoms with E-state index in [2.05, 4.69) is 64.1 Å². The Hall–Kier alpha value is -2.74. The van der Waals surface area contributed by atoms with Gasteiger partial charge in [0.1, 0.15) is 11.0 Å². The van der Waals surface area contributed by atoms with Gasteiger partial charge in [-0.15, -0.1) is 10.2 Å². The second-order valence-electron chi connectivity index (χ2n) is 6.42. The Morgan fingerprint density at radius 3 is 2.37 bits per heavy atom. The Bertz CT molecular complexity index is 1150. The van der Waals surface area contributed by atoms with Crippen LogP contribution < -0.4 is 5.32 Å². The fourth-order valence-electron chi connectivity index (χ4n) is 2.76. The number of hydrogen-bond acceptors (Lipinski definition) is 3. The molecular weight excluding hydrogens is 451 g/mol. The van der Waals surface area contributed by atoms with E-state index in [1.54, 1.807) is 4.80 Å². The van der Waals surface area contributed by atoms with Crippen molar-refractivity contribution >= 4 is 45.2 Å². The van der Waals surface area contributed by atoms with Crippen molar-refractivity contribution < 1.29 is 4.79 Å². The van der Waals surface area contributed by atoms with Crippen LogP contribution in [0.3, 0.4) is 0 Å². The van der Waals surface area contributed by atoms with Crippen LogP contribution in [0.5, 0.6) is 0 Å². The number of aromatic nitrogens is 3. The van der Waals surface area contributed by atoms with Gasteiger partial charge in [-0.05, 0) is 102 Å². The van der Waals surface area contributed by atoms with Gasteiger partial charge >= 0.3 is 0 Å². The molecule has 134 valence electrons. The summed E-state index contributed by atoms with van der Waals surface area (Å²) in [5.41, 5.74) is 6.16. The molecule has 1 amide bonds. The van der Waals surface area contributed by atoms with E-state index in [-0.39, 0.29) is 5.91 Å². The number of carbonyl (C=O) groups excluding carboxylic acids is 1. The van der Waals surface area contributed by atoms with Crippen LogP contribution in [0, 0.1) is 17.4 Å². The third-order valence-electron chi connectivity index (χ3n) is 4.47. The van der Waals surface area contributed by atoms with Crippen molar-refractivity contribution in [3.63, 3.8) is 0 Å². The smallest absolute Gasteiger partial charge is 0.255 e. The maximum Gasteiger partial charge on any atom is 0.255 e. The van der Waals surface area contributed by atoms with Gasteiger partial charge < -0.3 is 5.32 Å². The summed E-state index contributed by atoms with van der Waals surface area (Å²) in [5, 5.41) is 12.0. The van der Waals surface area contributed by atoms with Crippen LogP contribution in [0.2, 0.25) is 0 Å². The standard InChI is InChI=1S/C21H17IN4O/c1-13-3-9-18(11-14(13)2)26-24-19-10-8-17(12-20(19)25-26)23-21(27)15-4-6-16(22)7-5-15/h3-12H,1-2H3,(H,23,27). The van der Waals surface area contributed by atoms with Crippen LogP contribution in [0.15, 0.2) is 60.7 Å². The van der Waals surface area contributed by atoms with Crippen LogP contribution in [0.4, 0.5) is 5.69 Å². The van der Waals surface area contributed by atoms with Crippen LogP contribution in [-0.4, -0.2) is 20.9 Å². The molecule has 0 aliphatic heterocycles. The molecule has 1 N–H and O–H groups in total. The molecule has 4 aromatic rings. The van der Waals surface area contributed by atoms with Crippen molar-refractivity contribution in [2.45, 2.75) is 13.8 Å². The third kappa shape index (κ3) is 3.71. The Morgan fingerprint density at radius 1 is 0.889 bits per heavy atom. The predicted octanol–water partition coefficient (Wildman–Crippen LogP) is 4.89. The molecule has 1 aromatic heterocycles. The second kappa shape index (κ2) is 7.11. The number of benzene rings is 3. The van der Waals surface area contributed by atoms with Gasteiger partial charge in [-0.2, -0.15) is 4.80 Å². The Balaban J connectivity index is 1.61. The van der Waals surface area contributed by atoms with E-state index in [4.69, 9.17) is 0 Å². The summed E-state index contributed by atoms with van der Waals surface area (Å²) in [4.78, 5) is 14.0. The van der Waals surface area contributed by atoms with Gasteiger partial charge in [0.05, 0.1) is 5.69 Å². The first-order valence-electron chi connectivity index (χ1n) is 8.51. The molecule has 0 aliphatic rings. The molecular formula is C21H17IN4O. The molecule has 3 aromatic carbocycles. The minimum Gasteiger partial charge on any atom is -0.322 e. The van der Waals surface area contributed by atoms with E-state index in [9.17, 15) is 4.79 Å². The molecule has 0 aliphatic carbocycles. The van der Waals surface area contributed by atoms with Crippen LogP contribution in [-0.2, 0) is 0 Å². The SMILES string of the molecule is Cc1ccc(-n2nc3ccc(NC(=O)c4ccc(I)cc4)cc3n2)cc1C. The molecule has 0 spiro atoms. The fraction of sp³-hybridized carbons (Fsp3) is 0.0952. The van der Waals surface area contributed by atoms with Gasteiger partial charge in [-0.3, -0.25) is 4.79 Å². The summed E-state index contributed by atoms with van der Waals surface area (Å²) < 4.78 is 1.09. The normalized spacial score (nSPS) is 10.9. The Kier molecular flexibility index (Phi) is 4.65. The number of halogens is 1. The Morgan fingerprint density at radius 2 is 1.63 bits per heavy atom. The van der Waals surface area contributed by atoms with Crippen molar-refractivity contribution in [3.8, 4) is 5.69 Å². The largest absolute Gasteiger partial charge is 0.322 e. The minimum absolute atomic E-state index is 0.146. The molecule has 0 unspecified atom stereocenters. The van der Waals surface area contributed by atoms with E-state index < -0.39 is 0 Å². The average Bonchev–Trinajstić information content (AvgIpc) is 3.08. The lowest BCUT2D eigenvalue weighted by Gasteiger charge is -2.05. The predicted molar refractivity (Wildman–Crippen MR) is 115 cm³/mol. The van der Waals surface area contributed by atoms with Crippen molar-refractivity contribution in [1.82, 2.24) is 15.0 Å². The van der Waals surface area contributed by atoms with Gasteiger partial charge in [0.2, 0.25) is 0 Å². The van der Waals surface area contributed by atoms with Gasteiger partial charge in [0.25, 0.3) is 5.91 Å². The number of fused-ring (bicyclic) bond motifs is 1. The van der Waals surface area contributed by atoms with Gasteiger partial charge in [-0.25, -0.2) is 0 Å². The van der Waals surface area contributed by atoms with E-state index in [0.717, 1.165) is 20.3 Å². The minimum atomic E-state index is -0.146. The highest BCUT2D eigenvalue weighted by atomic mass is 127. The number of anilines is 1. The summed E-state index contributed by atoms with van der Waals surface area (Å²) in [7, 11) is 0. The van der Waals surface area contributed by atoms with Crippen molar-refractivity contribution in [1.29, 1.82) is 0 Å². The second-order valence-corrected chi connectivity index (χ2v) is 7.67. The number of rotatable bonds is 3. The first-order valence-corrected chi connectivity index (χ1v) is 9.59. The number of hydrogen-bond donors (Lipinski definition) is 1. The maximum atomic E-state index is 12.4. The molecule has 0 saturated carbocycles. The zero-order chi connectivity index (χ0) is 19.0. The number of nitrogens with one attached hydrogen (secondary N) is 1. The first kappa shape index (κ1) is 17.7. The fourth-order valence-corrected chi connectivity index (χ4v) is 3.12. The molecule has 5 nitrogen and oxygen atoms in total. The highest BCUT2D eigenvalue weighted by Crippen LogP contribution is 2.19. The summed E-state index contributed by atoms with van der Waals surface area (Å²) in [6, 6.07) is 19.1. The summed E-state index contributed by atoms with van der Waals surface area (Å²) in [6.45, 7) is 4.15. The molecule has 0 atom stereocenters. The van der Waals surface area contributed by atoms with Crippen molar-refractivity contribution in [2.75, 3.05) is 5.32 Å². The van der Waals surface area contributed by atoms with Gasteiger partial charge in [0.15, 0.2) is 0 Å². The Labute approximate surface area is 170 Å². The lowest BCUT2D eigenvalue weighted by molar-refractivity contribution is 0.102. The lowest BCUT2D eigenvalue weighted by Crippen LogP contribution is -2.11. The van der Waals surface area contributed by atoms with Crippen molar-refractivity contribution in [2.24, 2.45) is 0 Å². The molecule has 6 heteroatoms. The molecule has 0 radical (unpaired) electrons. The maximum absolute atomic E-state index is 12.4. The highest BCUT2D eigenvalue weighted by molar-refractivity contribution is 14.1. The van der Waals surface area contributed by atoms with Crippen LogP contribution in [0.25, 0.3) is 16.7 Å². The van der Waals surface area contributed by atoms with Crippen LogP contribution >= 0.6 is 22.6 Å². The highest BCUT2D eigenvalue weighted by Gasteiger charge is 2.09. The molecule has 0 bridgehead atoms. The zero-order valence-electron chi connectivity index (χ0n) is 14.9. The number of aryl methyl sites for hydroxylation is 2. The molecule has 4 rings (SSSR count).